The molecule has 1 aliphatic rings. The zero-order chi connectivity index (χ0) is 25.5. The van der Waals surface area contributed by atoms with Gasteiger partial charge in [0.1, 0.15) is 11.5 Å². The summed E-state index contributed by atoms with van der Waals surface area (Å²) < 4.78 is 6.89. The second kappa shape index (κ2) is 7.69. The molecule has 8 aromatic rings. The van der Waals surface area contributed by atoms with Gasteiger partial charge in [-0.3, -0.25) is 0 Å². The molecule has 0 atom stereocenters. The van der Waals surface area contributed by atoms with Crippen LogP contribution in [0.15, 0.2) is 133 Å². The molecule has 1 aliphatic heterocycles. The Hall–Kier alpha value is -5.14. The molecule has 9 rings (SSSR count). The Morgan fingerprint density at radius 1 is 0.333 bits per heavy atom. The van der Waals surface area contributed by atoms with Crippen molar-refractivity contribution >= 4 is 53.9 Å². The third-order valence-electron chi connectivity index (χ3n) is 8.38. The summed E-state index contributed by atoms with van der Waals surface area (Å²) in [6, 6.07) is 48.3. The standard InChI is InChI=1S/C38H22O/c1-2-10-24-20-35-33(19-23(24)9-1)28-14-6-3-11-25(28)21-34(35)32-18-8-17-31-30-16-7-15-29-27-13-5-4-12-26(27)22-36(37(29)30)39-38(31)32/h1-22H. The molecule has 0 saturated heterocycles. The van der Waals surface area contributed by atoms with Crippen molar-refractivity contribution < 1.29 is 4.74 Å². The molecule has 180 valence electrons. The van der Waals surface area contributed by atoms with Crippen molar-refractivity contribution in [2.45, 2.75) is 0 Å². The van der Waals surface area contributed by atoms with Crippen molar-refractivity contribution in [3.63, 3.8) is 0 Å². The fourth-order valence-electron chi connectivity index (χ4n) is 6.62. The first kappa shape index (κ1) is 20.9. The highest BCUT2D eigenvalue weighted by atomic mass is 16.5. The second-order valence-corrected chi connectivity index (χ2v) is 10.5. The lowest BCUT2D eigenvalue weighted by atomic mass is 9.87. The van der Waals surface area contributed by atoms with Crippen molar-refractivity contribution in [1.82, 2.24) is 0 Å². The topological polar surface area (TPSA) is 9.23 Å². The fraction of sp³-hybridized carbons (Fsp3) is 0. The molecule has 0 bridgehead atoms. The molecular weight excluding hydrogens is 472 g/mol. The van der Waals surface area contributed by atoms with Gasteiger partial charge in [0.2, 0.25) is 0 Å². The number of rotatable bonds is 1. The summed E-state index contributed by atoms with van der Waals surface area (Å²) in [6.07, 6.45) is 0. The zero-order valence-corrected chi connectivity index (χ0v) is 21.1. The van der Waals surface area contributed by atoms with Gasteiger partial charge in [-0.1, -0.05) is 109 Å². The van der Waals surface area contributed by atoms with E-state index >= 15 is 0 Å². The molecule has 1 heterocycles. The summed E-state index contributed by atoms with van der Waals surface area (Å²) in [5, 5.41) is 12.4. The van der Waals surface area contributed by atoms with Crippen molar-refractivity contribution in [1.29, 1.82) is 0 Å². The van der Waals surface area contributed by atoms with Crippen LogP contribution in [0.25, 0.3) is 76.1 Å². The Bertz CT molecular complexity index is 2310. The summed E-state index contributed by atoms with van der Waals surface area (Å²) in [6.45, 7) is 0. The molecule has 0 unspecified atom stereocenters. The molecule has 0 aromatic heterocycles. The third kappa shape index (κ3) is 2.90. The number of ether oxygens (including phenoxy) is 1. The Morgan fingerprint density at radius 2 is 0.872 bits per heavy atom. The van der Waals surface area contributed by atoms with E-state index in [-0.39, 0.29) is 0 Å². The average molecular weight is 495 g/mol. The van der Waals surface area contributed by atoms with Crippen LogP contribution in [0, 0.1) is 0 Å². The van der Waals surface area contributed by atoms with Crippen LogP contribution < -0.4 is 4.74 Å². The van der Waals surface area contributed by atoms with Crippen LogP contribution in [0.3, 0.4) is 0 Å². The molecule has 0 fully saturated rings. The van der Waals surface area contributed by atoms with Gasteiger partial charge in [-0.05, 0) is 83.9 Å². The minimum atomic E-state index is 0.926. The van der Waals surface area contributed by atoms with Gasteiger partial charge in [0.25, 0.3) is 0 Å². The lowest BCUT2D eigenvalue weighted by Crippen LogP contribution is -2.00. The van der Waals surface area contributed by atoms with Gasteiger partial charge in [0.15, 0.2) is 0 Å². The van der Waals surface area contributed by atoms with Crippen LogP contribution in [-0.4, -0.2) is 0 Å². The van der Waals surface area contributed by atoms with E-state index in [1.54, 1.807) is 0 Å². The number of fused-ring (bicyclic) bond motifs is 8. The van der Waals surface area contributed by atoms with Gasteiger partial charge < -0.3 is 4.74 Å². The molecule has 8 aromatic carbocycles. The van der Waals surface area contributed by atoms with Crippen LogP contribution in [0.2, 0.25) is 0 Å². The Morgan fingerprint density at radius 3 is 1.64 bits per heavy atom. The van der Waals surface area contributed by atoms with E-state index < -0.39 is 0 Å². The van der Waals surface area contributed by atoms with Crippen LogP contribution in [0.4, 0.5) is 0 Å². The number of hydrogen-bond acceptors (Lipinski definition) is 1. The van der Waals surface area contributed by atoms with Crippen LogP contribution >= 0.6 is 0 Å². The molecular formula is C38H22O. The lowest BCUT2D eigenvalue weighted by Gasteiger charge is -2.25. The van der Waals surface area contributed by atoms with E-state index in [2.05, 4.69) is 133 Å². The molecule has 0 N–H and O–H groups in total. The molecule has 0 aliphatic carbocycles. The predicted molar refractivity (Wildman–Crippen MR) is 165 cm³/mol. The fourth-order valence-corrected chi connectivity index (χ4v) is 6.62. The summed E-state index contributed by atoms with van der Waals surface area (Å²) in [4.78, 5) is 0. The van der Waals surface area contributed by atoms with Crippen LogP contribution in [-0.2, 0) is 0 Å². The maximum atomic E-state index is 6.89. The second-order valence-electron chi connectivity index (χ2n) is 10.5. The molecule has 1 nitrogen and oxygen atoms in total. The number of para-hydroxylation sites is 1. The Balaban J connectivity index is 1.39. The number of benzene rings is 8. The van der Waals surface area contributed by atoms with E-state index in [1.807, 2.05) is 0 Å². The van der Waals surface area contributed by atoms with E-state index in [0.717, 1.165) is 22.6 Å². The molecule has 0 radical (unpaired) electrons. The van der Waals surface area contributed by atoms with Crippen LogP contribution in [0.1, 0.15) is 0 Å². The normalized spacial score (nSPS) is 12.3. The maximum absolute atomic E-state index is 6.89. The van der Waals surface area contributed by atoms with Crippen molar-refractivity contribution in [2.24, 2.45) is 0 Å². The Labute approximate surface area is 225 Å². The van der Waals surface area contributed by atoms with Crippen molar-refractivity contribution in [3.05, 3.63) is 133 Å². The van der Waals surface area contributed by atoms with E-state index in [0.29, 0.717) is 0 Å². The van der Waals surface area contributed by atoms with E-state index in [9.17, 15) is 0 Å². The third-order valence-corrected chi connectivity index (χ3v) is 8.38. The first-order chi connectivity index (χ1) is 19.3. The van der Waals surface area contributed by atoms with Gasteiger partial charge in [-0.2, -0.15) is 0 Å². The van der Waals surface area contributed by atoms with E-state index in [1.165, 1.54) is 65.0 Å². The van der Waals surface area contributed by atoms with E-state index in [4.69, 9.17) is 4.74 Å². The molecule has 39 heavy (non-hydrogen) atoms. The SMILES string of the molecule is c1cc(-c2cc3ccccc3c3cc4ccccc4cc23)c2c(c1)-c1cccc3c1c(cc1ccccc13)O2. The van der Waals surface area contributed by atoms with Crippen molar-refractivity contribution in [2.75, 3.05) is 0 Å². The number of hydrogen-bond donors (Lipinski definition) is 0. The highest BCUT2D eigenvalue weighted by molar-refractivity contribution is 6.20. The smallest absolute Gasteiger partial charge is 0.143 e. The van der Waals surface area contributed by atoms with Gasteiger partial charge >= 0.3 is 0 Å². The first-order valence-electron chi connectivity index (χ1n) is 13.4. The summed E-state index contributed by atoms with van der Waals surface area (Å²) in [7, 11) is 0. The zero-order valence-electron chi connectivity index (χ0n) is 21.1. The van der Waals surface area contributed by atoms with Gasteiger partial charge in [-0.25, -0.2) is 0 Å². The average Bonchev–Trinajstić information content (AvgIpc) is 3.00. The maximum Gasteiger partial charge on any atom is 0.143 e. The predicted octanol–water partition coefficient (Wildman–Crippen LogP) is 10.9. The summed E-state index contributed by atoms with van der Waals surface area (Å²) in [5.41, 5.74) is 4.69. The highest BCUT2D eigenvalue weighted by Crippen LogP contribution is 2.52. The summed E-state index contributed by atoms with van der Waals surface area (Å²) >= 11 is 0. The van der Waals surface area contributed by atoms with Gasteiger partial charge in [0.05, 0.1) is 0 Å². The minimum absolute atomic E-state index is 0.926. The quantitative estimate of drug-likeness (QED) is 0.163. The molecule has 0 spiro atoms. The Kier molecular flexibility index (Phi) is 4.11. The monoisotopic (exact) mass is 494 g/mol. The first-order valence-corrected chi connectivity index (χ1v) is 13.4. The largest absolute Gasteiger partial charge is 0.455 e. The molecule has 1 heteroatoms. The van der Waals surface area contributed by atoms with Gasteiger partial charge in [-0.15, -0.1) is 0 Å². The van der Waals surface area contributed by atoms with Crippen LogP contribution in [0.5, 0.6) is 11.5 Å². The molecule has 0 amide bonds. The molecule has 0 saturated carbocycles. The summed E-state index contributed by atoms with van der Waals surface area (Å²) in [5.74, 6) is 1.85. The highest BCUT2D eigenvalue weighted by Gasteiger charge is 2.25. The van der Waals surface area contributed by atoms with Crippen molar-refractivity contribution in [3.8, 4) is 33.8 Å². The lowest BCUT2D eigenvalue weighted by molar-refractivity contribution is 0.489. The van der Waals surface area contributed by atoms with Gasteiger partial charge in [0, 0.05) is 16.5 Å². The minimum Gasteiger partial charge on any atom is -0.455 e.